The molecule has 0 bridgehead atoms. The third kappa shape index (κ3) is 4.00. The van der Waals surface area contributed by atoms with Crippen molar-refractivity contribution in [2.45, 2.75) is 44.2 Å². The molecule has 5 heteroatoms. The molecule has 20 heavy (non-hydrogen) atoms. The predicted octanol–water partition coefficient (Wildman–Crippen LogP) is 1.98. The van der Waals surface area contributed by atoms with Crippen molar-refractivity contribution in [2.75, 3.05) is 20.6 Å². The Balaban J connectivity index is 1.85. The molecule has 0 spiro atoms. The van der Waals surface area contributed by atoms with Crippen LogP contribution in [0, 0.1) is 0 Å². The van der Waals surface area contributed by atoms with Crippen LogP contribution in [0.4, 0.5) is 0 Å². The van der Waals surface area contributed by atoms with E-state index in [9.17, 15) is 5.11 Å². The molecule has 0 atom stereocenters. The van der Waals surface area contributed by atoms with Gasteiger partial charge in [-0.05, 0) is 25.0 Å². The van der Waals surface area contributed by atoms with E-state index in [1.807, 2.05) is 24.1 Å². The van der Waals surface area contributed by atoms with Gasteiger partial charge in [0.1, 0.15) is 5.76 Å². The highest BCUT2D eigenvalue weighted by atomic mass is 16.3. The average molecular weight is 279 g/mol. The molecule has 0 unspecified atom stereocenters. The normalized spacial score (nSPS) is 18.9. The van der Waals surface area contributed by atoms with Crippen molar-refractivity contribution in [3.05, 3.63) is 24.2 Å². The fraction of sp³-hybridized carbons (Fsp3) is 0.667. The first kappa shape index (κ1) is 14.9. The predicted molar refractivity (Wildman–Crippen MR) is 79.6 cm³/mol. The minimum atomic E-state index is -0.584. The SMILES string of the molecule is CN=C(NCC1(O)CCCCC1)N(C)Cc1ccco1. The molecule has 0 radical (unpaired) electrons. The monoisotopic (exact) mass is 279 g/mol. The largest absolute Gasteiger partial charge is 0.467 e. The summed E-state index contributed by atoms with van der Waals surface area (Å²) in [6.07, 6.45) is 6.87. The second-order valence-electron chi connectivity index (χ2n) is 5.62. The highest BCUT2D eigenvalue weighted by Crippen LogP contribution is 2.27. The Morgan fingerprint density at radius 3 is 2.80 bits per heavy atom. The Kier molecular flexibility index (Phi) is 5.06. The molecule has 0 aliphatic heterocycles. The summed E-state index contributed by atoms with van der Waals surface area (Å²) in [5, 5.41) is 13.8. The van der Waals surface area contributed by atoms with E-state index in [-0.39, 0.29) is 0 Å². The lowest BCUT2D eigenvalue weighted by Gasteiger charge is -2.33. The quantitative estimate of drug-likeness (QED) is 0.653. The van der Waals surface area contributed by atoms with Crippen molar-refractivity contribution in [3.63, 3.8) is 0 Å². The summed E-state index contributed by atoms with van der Waals surface area (Å²) in [6.45, 7) is 1.22. The molecular formula is C15H25N3O2. The minimum absolute atomic E-state index is 0.558. The van der Waals surface area contributed by atoms with Gasteiger partial charge in [-0.25, -0.2) is 0 Å². The summed E-state index contributed by atoms with van der Waals surface area (Å²) in [5.41, 5.74) is -0.584. The number of rotatable bonds is 4. The first-order chi connectivity index (χ1) is 9.63. The van der Waals surface area contributed by atoms with E-state index < -0.39 is 5.60 Å². The number of nitrogens with zero attached hydrogens (tertiary/aromatic N) is 2. The number of nitrogens with one attached hydrogen (secondary N) is 1. The van der Waals surface area contributed by atoms with Gasteiger partial charge < -0.3 is 19.7 Å². The van der Waals surface area contributed by atoms with Gasteiger partial charge in [0.05, 0.1) is 18.4 Å². The van der Waals surface area contributed by atoms with Crippen LogP contribution >= 0.6 is 0 Å². The molecule has 1 aliphatic rings. The maximum absolute atomic E-state index is 10.5. The van der Waals surface area contributed by atoms with Crippen LogP contribution in [0.1, 0.15) is 37.9 Å². The third-order valence-corrected chi connectivity index (χ3v) is 3.91. The topological polar surface area (TPSA) is 61.0 Å². The summed E-state index contributed by atoms with van der Waals surface area (Å²) in [4.78, 5) is 6.25. The van der Waals surface area contributed by atoms with Gasteiger partial charge in [-0.15, -0.1) is 0 Å². The molecule has 0 aromatic carbocycles. The molecule has 0 saturated heterocycles. The molecule has 112 valence electrons. The zero-order chi connectivity index (χ0) is 14.4. The zero-order valence-electron chi connectivity index (χ0n) is 12.4. The highest BCUT2D eigenvalue weighted by Gasteiger charge is 2.29. The molecule has 1 aliphatic carbocycles. The number of guanidine groups is 1. The van der Waals surface area contributed by atoms with E-state index >= 15 is 0 Å². The van der Waals surface area contributed by atoms with Gasteiger partial charge in [0.2, 0.25) is 0 Å². The van der Waals surface area contributed by atoms with Gasteiger partial charge in [-0.1, -0.05) is 19.3 Å². The molecule has 1 aromatic rings. The molecule has 5 nitrogen and oxygen atoms in total. The van der Waals surface area contributed by atoms with Crippen molar-refractivity contribution in [2.24, 2.45) is 4.99 Å². The van der Waals surface area contributed by atoms with E-state index in [4.69, 9.17) is 4.42 Å². The van der Waals surface area contributed by atoms with Gasteiger partial charge in [-0.2, -0.15) is 0 Å². The summed E-state index contributed by atoms with van der Waals surface area (Å²) >= 11 is 0. The fourth-order valence-corrected chi connectivity index (χ4v) is 2.73. The first-order valence-corrected chi connectivity index (χ1v) is 7.29. The summed E-state index contributed by atoms with van der Waals surface area (Å²) < 4.78 is 5.34. The lowest BCUT2D eigenvalue weighted by atomic mass is 9.85. The second kappa shape index (κ2) is 6.79. The average Bonchev–Trinajstić information content (AvgIpc) is 2.93. The van der Waals surface area contributed by atoms with E-state index in [1.165, 1.54) is 6.42 Å². The second-order valence-corrected chi connectivity index (χ2v) is 5.62. The van der Waals surface area contributed by atoms with Crippen LogP contribution in [-0.2, 0) is 6.54 Å². The van der Waals surface area contributed by atoms with Crippen LogP contribution in [0.25, 0.3) is 0 Å². The van der Waals surface area contributed by atoms with Gasteiger partial charge >= 0.3 is 0 Å². The minimum Gasteiger partial charge on any atom is -0.467 e. The summed E-state index contributed by atoms with van der Waals surface area (Å²) in [7, 11) is 3.72. The Bertz CT molecular complexity index is 422. The van der Waals surface area contributed by atoms with Crippen LogP contribution in [-0.4, -0.2) is 42.2 Å². The molecular weight excluding hydrogens is 254 g/mol. The first-order valence-electron chi connectivity index (χ1n) is 7.29. The molecule has 1 saturated carbocycles. The van der Waals surface area contributed by atoms with Crippen molar-refractivity contribution in [3.8, 4) is 0 Å². The van der Waals surface area contributed by atoms with Crippen LogP contribution in [0.15, 0.2) is 27.8 Å². The molecule has 1 heterocycles. The third-order valence-electron chi connectivity index (χ3n) is 3.91. The smallest absolute Gasteiger partial charge is 0.193 e. The van der Waals surface area contributed by atoms with E-state index in [0.29, 0.717) is 13.1 Å². The number of hydrogen-bond acceptors (Lipinski definition) is 3. The van der Waals surface area contributed by atoms with Crippen LogP contribution in [0.3, 0.4) is 0 Å². The van der Waals surface area contributed by atoms with Gasteiger partial charge in [0, 0.05) is 20.6 Å². The van der Waals surface area contributed by atoms with E-state index in [0.717, 1.165) is 37.4 Å². The number of aliphatic imine (C=N–C) groups is 1. The lowest BCUT2D eigenvalue weighted by molar-refractivity contribution is 0.00818. The molecule has 1 fully saturated rings. The number of hydrogen-bond donors (Lipinski definition) is 2. The Labute approximate surface area is 120 Å². The van der Waals surface area contributed by atoms with Crippen LogP contribution in [0.2, 0.25) is 0 Å². The molecule has 2 rings (SSSR count). The van der Waals surface area contributed by atoms with E-state index in [2.05, 4.69) is 10.3 Å². The maximum Gasteiger partial charge on any atom is 0.193 e. The van der Waals surface area contributed by atoms with Crippen molar-refractivity contribution >= 4 is 5.96 Å². The summed E-state index contributed by atoms with van der Waals surface area (Å²) in [5.74, 6) is 1.67. The van der Waals surface area contributed by atoms with Gasteiger partial charge in [0.15, 0.2) is 5.96 Å². The molecule has 2 N–H and O–H groups in total. The summed E-state index contributed by atoms with van der Waals surface area (Å²) in [6, 6.07) is 3.82. The van der Waals surface area contributed by atoms with Crippen LogP contribution < -0.4 is 5.32 Å². The highest BCUT2D eigenvalue weighted by molar-refractivity contribution is 5.79. The standard InChI is InChI=1S/C15H25N3O2/c1-16-14(18(2)11-13-7-6-10-20-13)17-12-15(19)8-4-3-5-9-15/h6-7,10,19H,3-5,8-9,11-12H2,1-2H3,(H,16,17). The zero-order valence-corrected chi connectivity index (χ0v) is 12.4. The Morgan fingerprint density at radius 2 is 2.20 bits per heavy atom. The number of furan rings is 1. The maximum atomic E-state index is 10.5. The van der Waals surface area contributed by atoms with Crippen molar-refractivity contribution in [1.29, 1.82) is 0 Å². The van der Waals surface area contributed by atoms with Crippen LogP contribution in [0.5, 0.6) is 0 Å². The fourth-order valence-electron chi connectivity index (χ4n) is 2.73. The van der Waals surface area contributed by atoms with Crippen molar-refractivity contribution in [1.82, 2.24) is 10.2 Å². The Morgan fingerprint density at radius 1 is 1.45 bits per heavy atom. The van der Waals surface area contributed by atoms with Gasteiger partial charge in [-0.3, -0.25) is 4.99 Å². The lowest BCUT2D eigenvalue weighted by Crippen LogP contribution is -2.48. The molecule has 0 amide bonds. The van der Waals surface area contributed by atoms with Crippen molar-refractivity contribution < 1.29 is 9.52 Å². The molecule has 1 aromatic heterocycles. The number of aliphatic hydroxyl groups is 1. The Hall–Kier alpha value is -1.49. The van der Waals surface area contributed by atoms with E-state index in [1.54, 1.807) is 13.3 Å². The van der Waals surface area contributed by atoms with Gasteiger partial charge in [0.25, 0.3) is 0 Å².